The molecule has 3 heteroatoms. The lowest BCUT2D eigenvalue weighted by Gasteiger charge is -2.10. The molecule has 0 saturated heterocycles. The van der Waals surface area contributed by atoms with E-state index in [1.165, 1.54) is 17.5 Å². The van der Waals surface area contributed by atoms with Gasteiger partial charge in [0, 0.05) is 26.3 Å². The van der Waals surface area contributed by atoms with Gasteiger partial charge in [0.25, 0.3) is 0 Å². The molecule has 0 bridgehead atoms. The fraction of sp³-hybridized carbons (Fsp3) is 0.625. The predicted octanol–water partition coefficient (Wildman–Crippen LogP) is 3.13. The maximum absolute atomic E-state index is 5.52. The lowest BCUT2D eigenvalue weighted by Crippen LogP contribution is -2.20. The van der Waals surface area contributed by atoms with E-state index in [0.717, 1.165) is 39.3 Å². The molecule has 1 rings (SSSR count). The zero-order valence-corrected chi connectivity index (χ0v) is 12.3. The van der Waals surface area contributed by atoms with Crippen LogP contribution in [0.5, 0.6) is 0 Å². The smallest absolute Gasteiger partial charge is 0.0719 e. The highest BCUT2D eigenvalue weighted by molar-refractivity contribution is 5.26. The van der Waals surface area contributed by atoms with E-state index in [9.17, 15) is 0 Å². The van der Waals surface area contributed by atoms with Crippen LogP contribution in [0.1, 0.15) is 37.8 Å². The topological polar surface area (TPSA) is 30.5 Å². The molecular weight excluding hydrogens is 238 g/mol. The second-order valence-electron chi connectivity index (χ2n) is 4.55. The third-order valence-corrected chi connectivity index (χ3v) is 2.96. The summed E-state index contributed by atoms with van der Waals surface area (Å²) in [6.07, 6.45) is 2.34. The first kappa shape index (κ1) is 16.2. The van der Waals surface area contributed by atoms with Gasteiger partial charge in [0.15, 0.2) is 0 Å². The second-order valence-corrected chi connectivity index (χ2v) is 4.55. The number of hydrogen-bond acceptors (Lipinski definition) is 3. The molecule has 0 saturated carbocycles. The van der Waals surface area contributed by atoms with Crippen molar-refractivity contribution in [1.82, 2.24) is 5.32 Å². The quantitative estimate of drug-likeness (QED) is 0.624. The number of ether oxygens (including phenoxy) is 2. The standard InChI is InChI=1S/C16H27NO2/c1-3-5-11-19-12-10-17-13-15-8-6-7-9-16(15)14-18-4-2/h6-9,17H,3-5,10-14H2,1-2H3. The summed E-state index contributed by atoms with van der Waals surface area (Å²) >= 11 is 0. The van der Waals surface area contributed by atoms with Crippen LogP contribution in [0.15, 0.2) is 24.3 Å². The van der Waals surface area contributed by atoms with Gasteiger partial charge < -0.3 is 14.8 Å². The van der Waals surface area contributed by atoms with Gasteiger partial charge >= 0.3 is 0 Å². The van der Waals surface area contributed by atoms with Gasteiger partial charge in [-0.3, -0.25) is 0 Å². The van der Waals surface area contributed by atoms with E-state index in [1.807, 2.05) is 6.92 Å². The van der Waals surface area contributed by atoms with E-state index in [4.69, 9.17) is 9.47 Å². The van der Waals surface area contributed by atoms with Crippen molar-refractivity contribution in [3.63, 3.8) is 0 Å². The molecule has 0 radical (unpaired) electrons. The summed E-state index contributed by atoms with van der Waals surface area (Å²) in [5.74, 6) is 0. The molecule has 0 aromatic heterocycles. The number of rotatable bonds is 11. The summed E-state index contributed by atoms with van der Waals surface area (Å²) in [6.45, 7) is 9.08. The summed E-state index contributed by atoms with van der Waals surface area (Å²) in [5.41, 5.74) is 2.58. The Bertz CT molecular complexity index is 328. The Labute approximate surface area is 117 Å². The van der Waals surface area contributed by atoms with Gasteiger partial charge in [0.05, 0.1) is 13.2 Å². The van der Waals surface area contributed by atoms with Crippen LogP contribution < -0.4 is 5.32 Å². The van der Waals surface area contributed by atoms with Crippen molar-refractivity contribution in [3.05, 3.63) is 35.4 Å². The minimum atomic E-state index is 0.696. The summed E-state index contributed by atoms with van der Waals surface area (Å²) in [6, 6.07) is 8.42. The fourth-order valence-corrected chi connectivity index (χ4v) is 1.80. The molecule has 0 aliphatic heterocycles. The molecule has 19 heavy (non-hydrogen) atoms. The molecule has 1 aromatic rings. The summed E-state index contributed by atoms with van der Waals surface area (Å²) in [5, 5.41) is 3.41. The fourth-order valence-electron chi connectivity index (χ4n) is 1.80. The average Bonchev–Trinajstić information content (AvgIpc) is 2.45. The van der Waals surface area contributed by atoms with Crippen molar-refractivity contribution >= 4 is 0 Å². The monoisotopic (exact) mass is 265 g/mol. The molecule has 0 aliphatic rings. The molecule has 1 aromatic carbocycles. The van der Waals surface area contributed by atoms with Crippen LogP contribution in [0.4, 0.5) is 0 Å². The minimum absolute atomic E-state index is 0.696. The third-order valence-electron chi connectivity index (χ3n) is 2.96. The van der Waals surface area contributed by atoms with Crippen LogP contribution in [0.25, 0.3) is 0 Å². The van der Waals surface area contributed by atoms with Crippen molar-refractivity contribution in [2.45, 2.75) is 39.8 Å². The summed E-state index contributed by atoms with van der Waals surface area (Å²) < 4.78 is 11.0. The van der Waals surface area contributed by atoms with Crippen molar-refractivity contribution < 1.29 is 9.47 Å². The van der Waals surface area contributed by atoms with Crippen LogP contribution in [-0.2, 0) is 22.6 Å². The number of benzene rings is 1. The molecule has 1 N–H and O–H groups in total. The van der Waals surface area contributed by atoms with Crippen molar-refractivity contribution in [2.24, 2.45) is 0 Å². The zero-order valence-electron chi connectivity index (χ0n) is 12.3. The Morgan fingerprint density at radius 3 is 2.53 bits per heavy atom. The Kier molecular flexibility index (Phi) is 9.33. The van der Waals surface area contributed by atoms with E-state index in [-0.39, 0.29) is 0 Å². The minimum Gasteiger partial charge on any atom is -0.380 e. The van der Waals surface area contributed by atoms with E-state index in [0.29, 0.717) is 6.61 Å². The predicted molar refractivity (Wildman–Crippen MR) is 79.2 cm³/mol. The van der Waals surface area contributed by atoms with Gasteiger partial charge in [-0.2, -0.15) is 0 Å². The van der Waals surface area contributed by atoms with Crippen LogP contribution >= 0.6 is 0 Å². The number of nitrogens with one attached hydrogen (secondary N) is 1. The third kappa shape index (κ3) is 7.31. The maximum atomic E-state index is 5.52. The van der Waals surface area contributed by atoms with Gasteiger partial charge in [0.2, 0.25) is 0 Å². The van der Waals surface area contributed by atoms with E-state index in [1.54, 1.807) is 0 Å². The van der Waals surface area contributed by atoms with Crippen LogP contribution in [-0.4, -0.2) is 26.4 Å². The first-order chi connectivity index (χ1) is 9.38. The van der Waals surface area contributed by atoms with Crippen LogP contribution in [0.3, 0.4) is 0 Å². The van der Waals surface area contributed by atoms with Gasteiger partial charge in [-0.05, 0) is 24.5 Å². The van der Waals surface area contributed by atoms with Crippen LogP contribution in [0, 0.1) is 0 Å². The summed E-state index contributed by atoms with van der Waals surface area (Å²) in [7, 11) is 0. The first-order valence-electron chi connectivity index (χ1n) is 7.31. The molecule has 0 spiro atoms. The van der Waals surface area contributed by atoms with Crippen molar-refractivity contribution in [3.8, 4) is 0 Å². The first-order valence-corrected chi connectivity index (χ1v) is 7.31. The molecule has 0 fully saturated rings. The zero-order chi connectivity index (χ0) is 13.8. The highest BCUT2D eigenvalue weighted by Gasteiger charge is 2.01. The number of unbranched alkanes of at least 4 members (excludes halogenated alkanes) is 1. The molecule has 0 atom stereocenters. The maximum Gasteiger partial charge on any atom is 0.0719 e. The van der Waals surface area contributed by atoms with Crippen molar-refractivity contribution in [2.75, 3.05) is 26.4 Å². The van der Waals surface area contributed by atoms with E-state index in [2.05, 4.69) is 36.5 Å². The van der Waals surface area contributed by atoms with Crippen molar-refractivity contribution in [1.29, 1.82) is 0 Å². The second kappa shape index (κ2) is 11.0. The average molecular weight is 265 g/mol. The SMILES string of the molecule is CCCCOCCNCc1ccccc1COCC. The van der Waals surface area contributed by atoms with Crippen LogP contribution in [0.2, 0.25) is 0 Å². The molecule has 0 heterocycles. The molecule has 3 nitrogen and oxygen atoms in total. The van der Waals surface area contributed by atoms with Gasteiger partial charge in [-0.25, -0.2) is 0 Å². The number of hydrogen-bond donors (Lipinski definition) is 1. The highest BCUT2D eigenvalue weighted by atomic mass is 16.5. The Balaban J connectivity index is 2.21. The molecule has 108 valence electrons. The normalized spacial score (nSPS) is 10.8. The Morgan fingerprint density at radius 2 is 1.79 bits per heavy atom. The van der Waals surface area contributed by atoms with Gasteiger partial charge in [0.1, 0.15) is 0 Å². The lowest BCUT2D eigenvalue weighted by atomic mass is 10.1. The van der Waals surface area contributed by atoms with E-state index >= 15 is 0 Å². The Morgan fingerprint density at radius 1 is 1.00 bits per heavy atom. The largest absolute Gasteiger partial charge is 0.380 e. The van der Waals surface area contributed by atoms with Gasteiger partial charge in [-0.1, -0.05) is 37.6 Å². The molecule has 0 aliphatic carbocycles. The molecule has 0 unspecified atom stereocenters. The van der Waals surface area contributed by atoms with E-state index < -0.39 is 0 Å². The van der Waals surface area contributed by atoms with Gasteiger partial charge in [-0.15, -0.1) is 0 Å². The summed E-state index contributed by atoms with van der Waals surface area (Å²) in [4.78, 5) is 0. The Hall–Kier alpha value is -0.900. The highest BCUT2D eigenvalue weighted by Crippen LogP contribution is 2.09. The molecular formula is C16H27NO2. The molecule has 0 amide bonds. The lowest BCUT2D eigenvalue weighted by molar-refractivity contribution is 0.131.